The largest absolute Gasteiger partial charge is 0.373 e. The first kappa shape index (κ1) is 16.3. The van der Waals surface area contributed by atoms with Crippen molar-refractivity contribution in [2.24, 2.45) is 0 Å². The van der Waals surface area contributed by atoms with Crippen LogP contribution in [0.2, 0.25) is 0 Å². The maximum absolute atomic E-state index is 13.5. The maximum atomic E-state index is 13.5. The fourth-order valence-electron chi connectivity index (χ4n) is 3.83. The first-order valence-corrected chi connectivity index (χ1v) is 8.87. The average Bonchev–Trinajstić information content (AvgIpc) is 3.36. The van der Waals surface area contributed by atoms with Crippen LogP contribution in [-0.4, -0.2) is 69.3 Å². The molecule has 1 amide bonds. The van der Waals surface area contributed by atoms with Crippen molar-refractivity contribution >= 4 is 5.91 Å². The minimum absolute atomic E-state index is 0.0333. The molecule has 0 saturated carbocycles. The summed E-state index contributed by atoms with van der Waals surface area (Å²) in [4.78, 5) is 15.4. The number of piperidine rings is 1. The maximum Gasteiger partial charge on any atom is 0.250 e. The Morgan fingerprint density at radius 2 is 2.00 bits per heavy atom. The Morgan fingerprint density at radius 3 is 2.72 bits per heavy atom. The fraction of sp³-hybridized carbons (Fsp3) is 0.588. The molecular weight excluding hydrogens is 320 g/mol. The summed E-state index contributed by atoms with van der Waals surface area (Å²) in [6.45, 7) is 4.09. The van der Waals surface area contributed by atoms with E-state index in [9.17, 15) is 4.79 Å². The first-order valence-electron chi connectivity index (χ1n) is 8.87. The van der Waals surface area contributed by atoms with Crippen molar-refractivity contribution in [2.45, 2.75) is 31.0 Å². The molecule has 0 aliphatic carbocycles. The summed E-state index contributed by atoms with van der Waals surface area (Å²) >= 11 is 0. The number of carbonyl (C=O) groups is 1. The smallest absolute Gasteiger partial charge is 0.250 e. The third-order valence-corrected chi connectivity index (χ3v) is 5.15. The molecule has 4 rings (SSSR count). The van der Waals surface area contributed by atoms with E-state index in [0.717, 1.165) is 25.9 Å². The number of hydrogen-bond donors (Lipinski definition) is 1. The van der Waals surface area contributed by atoms with Crippen LogP contribution in [0.3, 0.4) is 0 Å². The van der Waals surface area contributed by atoms with E-state index in [-0.39, 0.29) is 12.0 Å². The number of rotatable bonds is 4. The van der Waals surface area contributed by atoms with Crippen LogP contribution < -0.4 is 5.32 Å². The number of nitrogens with zero attached hydrogens (tertiary/aromatic N) is 5. The number of morpholine rings is 1. The van der Waals surface area contributed by atoms with Gasteiger partial charge in [-0.15, -0.1) is 0 Å². The Balaban J connectivity index is 1.51. The third-order valence-electron chi connectivity index (χ3n) is 5.15. The summed E-state index contributed by atoms with van der Waals surface area (Å²) in [5, 5.41) is 12.0. The second-order valence-electron chi connectivity index (χ2n) is 6.70. The molecule has 4 heterocycles. The molecule has 2 saturated heterocycles. The van der Waals surface area contributed by atoms with Gasteiger partial charge in [-0.1, -0.05) is 0 Å². The minimum Gasteiger partial charge on any atom is -0.373 e. The van der Waals surface area contributed by atoms with Crippen molar-refractivity contribution in [3.05, 3.63) is 36.9 Å². The zero-order valence-electron chi connectivity index (χ0n) is 14.3. The highest BCUT2D eigenvalue weighted by atomic mass is 16.5. The molecule has 1 unspecified atom stereocenters. The first-order chi connectivity index (χ1) is 12.3. The van der Waals surface area contributed by atoms with E-state index in [4.69, 9.17) is 4.74 Å². The lowest BCUT2D eigenvalue weighted by Crippen LogP contribution is -2.59. The standard InChI is InChI=1S/C17H24N6O2/c24-16(17(3-7-18-8-4-17)23-10-2-6-20-23)21-11-12-25-15(13-21)14-22-9-1-5-19-22/h1-2,5-6,9-10,15,18H,3-4,7-8,11-14H2. The van der Waals surface area contributed by atoms with Gasteiger partial charge in [0.05, 0.1) is 19.3 Å². The quantitative estimate of drug-likeness (QED) is 0.850. The van der Waals surface area contributed by atoms with Crippen LogP contribution in [-0.2, 0) is 21.6 Å². The van der Waals surface area contributed by atoms with Gasteiger partial charge in [0, 0.05) is 37.9 Å². The highest BCUT2D eigenvalue weighted by Gasteiger charge is 2.45. The number of nitrogens with one attached hydrogen (secondary N) is 1. The molecular formula is C17H24N6O2. The van der Waals surface area contributed by atoms with Gasteiger partial charge < -0.3 is 15.0 Å². The molecule has 1 atom stereocenters. The van der Waals surface area contributed by atoms with Crippen LogP contribution in [0.5, 0.6) is 0 Å². The van der Waals surface area contributed by atoms with Crippen LogP contribution in [0.4, 0.5) is 0 Å². The number of amides is 1. The Bertz CT molecular complexity index is 678. The normalized spacial score (nSPS) is 23.5. The van der Waals surface area contributed by atoms with Crippen LogP contribution in [0.1, 0.15) is 12.8 Å². The third kappa shape index (κ3) is 3.19. The van der Waals surface area contributed by atoms with E-state index in [1.165, 1.54) is 0 Å². The van der Waals surface area contributed by atoms with E-state index >= 15 is 0 Å². The molecule has 134 valence electrons. The van der Waals surface area contributed by atoms with E-state index in [0.29, 0.717) is 26.2 Å². The molecule has 8 nitrogen and oxygen atoms in total. The van der Waals surface area contributed by atoms with Crippen molar-refractivity contribution in [3.63, 3.8) is 0 Å². The highest BCUT2D eigenvalue weighted by Crippen LogP contribution is 2.30. The SMILES string of the molecule is O=C(N1CCOC(Cn2cccn2)C1)C1(n2cccn2)CCNCC1. The van der Waals surface area contributed by atoms with Gasteiger partial charge in [-0.05, 0) is 38.1 Å². The minimum atomic E-state index is -0.581. The van der Waals surface area contributed by atoms with Crippen molar-refractivity contribution < 1.29 is 9.53 Å². The Kier molecular flexibility index (Phi) is 4.54. The molecule has 8 heteroatoms. The highest BCUT2D eigenvalue weighted by molar-refractivity contribution is 5.84. The lowest BCUT2D eigenvalue weighted by Gasteiger charge is -2.42. The van der Waals surface area contributed by atoms with Gasteiger partial charge in [-0.3, -0.25) is 14.2 Å². The van der Waals surface area contributed by atoms with Crippen molar-refractivity contribution in [1.82, 2.24) is 29.8 Å². The van der Waals surface area contributed by atoms with Crippen LogP contribution in [0.15, 0.2) is 36.9 Å². The van der Waals surface area contributed by atoms with E-state index in [1.807, 2.05) is 38.8 Å². The predicted molar refractivity (Wildman–Crippen MR) is 90.9 cm³/mol. The topological polar surface area (TPSA) is 77.2 Å². The molecule has 0 aromatic carbocycles. The number of aromatic nitrogens is 4. The summed E-state index contributed by atoms with van der Waals surface area (Å²) in [7, 11) is 0. The van der Waals surface area contributed by atoms with Crippen LogP contribution in [0.25, 0.3) is 0 Å². The summed E-state index contributed by atoms with van der Waals surface area (Å²) in [5.74, 6) is 0.159. The fourth-order valence-corrected chi connectivity index (χ4v) is 3.83. The summed E-state index contributed by atoms with van der Waals surface area (Å²) in [6, 6.07) is 3.78. The number of hydrogen-bond acceptors (Lipinski definition) is 5. The van der Waals surface area contributed by atoms with Gasteiger partial charge in [-0.25, -0.2) is 0 Å². The van der Waals surface area contributed by atoms with Gasteiger partial charge in [0.1, 0.15) is 5.54 Å². The summed E-state index contributed by atoms with van der Waals surface area (Å²) in [6.07, 6.45) is 8.81. The van der Waals surface area contributed by atoms with E-state index < -0.39 is 5.54 Å². The summed E-state index contributed by atoms with van der Waals surface area (Å²) < 4.78 is 9.56. The molecule has 25 heavy (non-hydrogen) atoms. The van der Waals surface area contributed by atoms with Crippen molar-refractivity contribution in [2.75, 3.05) is 32.8 Å². The molecule has 2 aliphatic rings. The number of carbonyl (C=O) groups excluding carboxylic acids is 1. The second kappa shape index (κ2) is 6.97. The van der Waals surface area contributed by atoms with Gasteiger partial charge >= 0.3 is 0 Å². The average molecular weight is 344 g/mol. The number of ether oxygens (including phenoxy) is 1. The molecule has 1 N–H and O–H groups in total. The van der Waals surface area contributed by atoms with Crippen molar-refractivity contribution in [1.29, 1.82) is 0 Å². The van der Waals surface area contributed by atoms with Gasteiger partial charge in [0.2, 0.25) is 0 Å². The molecule has 0 radical (unpaired) electrons. The predicted octanol–water partition coefficient (Wildman–Crippen LogP) is 0.0859. The molecule has 0 bridgehead atoms. The monoisotopic (exact) mass is 344 g/mol. The molecule has 2 fully saturated rings. The van der Waals surface area contributed by atoms with E-state index in [2.05, 4.69) is 15.5 Å². The zero-order chi connectivity index (χ0) is 17.1. The Morgan fingerprint density at radius 1 is 1.20 bits per heavy atom. The molecule has 2 aromatic heterocycles. The Labute approximate surface area is 146 Å². The lowest BCUT2D eigenvalue weighted by atomic mass is 9.86. The molecule has 2 aliphatic heterocycles. The zero-order valence-corrected chi connectivity index (χ0v) is 14.3. The molecule has 2 aromatic rings. The van der Waals surface area contributed by atoms with Gasteiger partial charge in [0.15, 0.2) is 0 Å². The van der Waals surface area contributed by atoms with Crippen molar-refractivity contribution in [3.8, 4) is 0 Å². The van der Waals surface area contributed by atoms with Crippen LogP contribution in [0, 0.1) is 0 Å². The van der Waals surface area contributed by atoms with Gasteiger partial charge in [-0.2, -0.15) is 10.2 Å². The summed E-state index contributed by atoms with van der Waals surface area (Å²) in [5.41, 5.74) is -0.581. The lowest BCUT2D eigenvalue weighted by molar-refractivity contribution is -0.151. The Hall–Kier alpha value is -2.19. The van der Waals surface area contributed by atoms with Crippen LogP contribution >= 0.6 is 0 Å². The second-order valence-corrected chi connectivity index (χ2v) is 6.70. The molecule has 0 spiro atoms. The van der Waals surface area contributed by atoms with E-state index in [1.54, 1.807) is 12.4 Å². The van der Waals surface area contributed by atoms with Gasteiger partial charge in [0.25, 0.3) is 5.91 Å².